The van der Waals surface area contributed by atoms with Crippen LogP contribution in [-0.4, -0.2) is 18.5 Å². The first-order valence-corrected chi connectivity index (χ1v) is 9.66. The van der Waals surface area contributed by atoms with E-state index in [1.165, 1.54) is 29.2 Å². The van der Waals surface area contributed by atoms with Gasteiger partial charge >= 0.3 is 5.97 Å². The molecule has 4 nitrogen and oxygen atoms in total. The number of amides is 1. The van der Waals surface area contributed by atoms with E-state index in [1.807, 2.05) is 0 Å². The molecule has 0 aromatic heterocycles. The van der Waals surface area contributed by atoms with E-state index >= 15 is 0 Å². The molecule has 0 spiro atoms. The Hall–Kier alpha value is -2.44. The number of carbonyl (C=O) groups excluding carboxylic acids is 2. The van der Waals surface area contributed by atoms with Crippen LogP contribution < -0.4 is 4.90 Å². The summed E-state index contributed by atoms with van der Waals surface area (Å²) in [6.45, 7) is 3.47. The summed E-state index contributed by atoms with van der Waals surface area (Å²) in [5, 5.41) is 0.142. The van der Waals surface area contributed by atoms with Crippen molar-refractivity contribution in [2.75, 3.05) is 11.5 Å². The van der Waals surface area contributed by atoms with Crippen LogP contribution in [0.2, 0.25) is 5.02 Å². The van der Waals surface area contributed by atoms with Gasteiger partial charge in [-0.1, -0.05) is 33.6 Å². The summed E-state index contributed by atoms with van der Waals surface area (Å²) in [6, 6.07) is 11.3. The first kappa shape index (κ1) is 20.3. The number of anilines is 1. The zero-order valence-corrected chi connectivity index (χ0v) is 17.5. The fraction of sp³-hybridized carbons (Fsp3) is 0.143. The number of halogens is 3. The van der Waals surface area contributed by atoms with Gasteiger partial charge in [-0.3, -0.25) is 9.69 Å². The molecule has 0 aliphatic carbocycles. The number of esters is 1. The molecule has 0 fully saturated rings. The molecule has 2 aromatic rings. The topological polar surface area (TPSA) is 46.6 Å². The maximum absolute atomic E-state index is 14.3. The normalized spacial score (nSPS) is 15.5. The molecule has 0 N–H and O–H groups in total. The molecular formula is C21H16BrClFNO3. The number of carbonyl (C=O) groups is 2. The van der Waals surface area contributed by atoms with E-state index in [0.29, 0.717) is 11.4 Å². The Bertz CT molecular complexity index is 995. The van der Waals surface area contributed by atoms with Crippen LogP contribution in [0.3, 0.4) is 0 Å². The number of allylic oxidation sites excluding steroid dienone is 1. The summed E-state index contributed by atoms with van der Waals surface area (Å²) in [7, 11) is 0. The molecule has 2 aromatic carbocycles. The fourth-order valence-electron chi connectivity index (χ4n) is 2.98. The van der Waals surface area contributed by atoms with Crippen molar-refractivity contribution in [2.45, 2.75) is 13.8 Å². The lowest BCUT2D eigenvalue weighted by atomic mass is 10.0. The van der Waals surface area contributed by atoms with Gasteiger partial charge in [-0.2, -0.15) is 0 Å². The summed E-state index contributed by atoms with van der Waals surface area (Å²) >= 11 is 9.46. The van der Waals surface area contributed by atoms with Gasteiger partial charge in [-0.25, -0.2) is 9.18 Å². The number of nitrogens with zero attached hydrogens (tertiary/aromatic N) is 1. The number of hydrogen-bond acceptors (Lipinski definition) is 3. The van der Waals surface area contributed by atoms with E-state index in [-0.39, 0.29) is 28.3 Å². The average molecular weight is 465 g/mol. The van der Waals surface area contributed by atoms with Gasteiger partial charge < -0.3 is 4.74 Å². The number of hydrogen-bond donors (Lipinski definition) is 0. The Balaban J connectivity index is 2.18. The maximum Gasteiger partial charge on any atom is 0.340 e. The predicted molar refractivity (Wildman–Crippen MR) is 110 cm³/mol. The highest BCUT2D eigenvalue weighted by atomic mass is 79.9. The van der Waals surface area contributed by atoms with E-state index < -0.39 is 17.7 Å². The number of ether oxygens (including phenoxy) is 1. The largest absolute Gasteiger partial charge is 0.462 e. The molecule has 1 aliphatic rings. The van der Waals surface area contributed by atoms with Crippen LogP contribution in [0, 0.1) is 5.82 Å². The molecule has 0 atom stereocenters. The molecule has 1 amide bonds. The minimum Gasteiger partial charge on any atom is -0.462 e. The van der Waals surface area contributed by atoms with E-state index in [9.17, 15) is 14.0 Å². The molecule has 0 saturated carbocycles. The quantitative estimate of drug-likeness (QED) is 0.443. The van der Waals surface area contributed by atoms with Crippen molar-refractivity contribution in [2.24, 2.45) is 0 Å². The summed E-state index contributed by atoms with van der Waals surface area (Å²) in [6.07, 6.45) is 1.30. The second-order valence-electron chi connectivity index (χ2n) is 5.99. The molecule has 28 heavy (non-hydrogen) atoms. The lowest BCUT2D eigenvalue weighted by Crippen LogP contribution is -2.24. The average Bonchev–Trinajstić information content (AvgIpc) is 2.89. The van der Waals surface area contributed by atoms with Crippen LogP contribution in [-0.2, 0) is 14.3 Å². The van der Waals surface area contributed by atoms with Gasteiger partial charge in [0.15, 0.2) is 0 Å². The lowest BCUT2D eigenvalue weighted by Gasteiger charge is -2.18. The SMILES string of the molecule is CCOC(=O)C1=C(C)N(c2ccc(Br)cc2)C(=O)/C1=C/c1c(F)cccc1Cl. The Morgan fingerprint density at radius 2 is 1.93 bits per heavy atom. The summed E-state index contributed by atoms with van der Waals surface area (Å²) in [5.74, 6) is -1.69. The van der Waals surface area contributed by atoms with E-state index in [4.69, 9.17) is 16.3 Å². The van der Waals surface area contributed by atoms with E-state index in [0.717, 1.165) is 4.47 Å². The van der Waals surface area contributed by atoms with Gasteiger partial charge in [0.25, 0.3) is 5.91 Å². The molecule has 0 bridgehead atoms. The summed E-state index contributed by atoms with van der Waals surface area (Å²) in [5.41, 5.74) is 1.15. The summed E-state index contributed by atoms with van der Waals surface area (Å²) < 4.78 is 20.3. The maximum atomic E-state index is 14.3. The molecule has 0 saturated heterocycles. The van der Waals surface area contributed by atoms with Crippen LogP contribution in [0.15, 0.2) is 63.8 Å². The van der Waals surface area contributed by atoms with Crippen molar-refractivity contribution >= 4 is 51.2 Å². The molecule has 0 unspecified atom stereocenters. The lowest BCUT2D eigenvalue weighted by molar-refractivity contribution is -0.138. The minimum atomic E-state index is -0.647. The zero-order valence-electron chi connectivity index (χ0n) is 15.1. The number of rotatable bonds is 4. The van der Waals surface area contributed by atoms with Crippen LogP contribution in [0.25, 0.3) is 6.08 Å². The van der Waals surface area contributed by atoms with Crippen LogP contribution in [0.1, 0.15) is 19.4 Å². The molecule has 0 radical (unpaired) electrons. The van der Waals surface area contributed by atoms with E-state index in [2.05, 4.69) is 15.9 Å². The van der Waals surface area contributed by atoms with E-state index in [1.54, 1.807) is 38.1 Å². The van der Waals surface area contributed by atoms with Crippen LogP contribution in [0.4, 0.5) is 10.1 Å². The third kappa shape index (κ3) is 3.75. The highest BCUT2D eigenvalue weighted by molar-refractivity contribution is 9.10. The smallest absolute Gasteiger partial charge is 0.340 e. The first-order chi connectivity index (χ1) is 13.3. The van der Waals surface area contributed by atoms with Gasteiger partial charge in [0.2, 0.25) is 0 Å². The molecule has 1 aliphatic heterocycles. The van der Waals surface area contributed by atoms with Gasteiger partial charge in [-0.05, 0) is 56.3 Å². The Morgan fingerprint density at radius 3 is 2.54 bits per heavy atom. The minimum absolute atomic E-state index is 0.0332. The Kier molecular flexibility index (Phi) is 6.01. The van der Waals surface area contributed by atoms with Crippen molar-refractivity contribution in [3.8, 4) is 0 Å². The van der Waals surface area contributed by atoms with Crippen molar-refractivity contribution in [1.29, 1.82) is 0 Å². The van der Waals surface area contributed by atoms with Gasteiger partial charge in [0.1, 0.15) is 5.82 Å². The second-order valence-corrected chi connectivity index (χ2v) is 7.31. The van der Waals surface area contributed by atoms with Gasteiger partial charge in [0.05, 0.1) is 22.8 Å². The van der Waals surface area contributed by atoms with Crippen LogP contribution in [0.5, 0.6) is 0 Å². The predicted octanol–water partition coefficient (Wildman–Crippen LogP) is 5.51. The van der Waals surface area contributed by atoms with Gasteiger partial charge in [-0.15, -0.1) is 0 Å². The molecule has 1 heterocycles. The second kappa shape index (κ2) is 8.29. The molecule has 7 heteroatoms. The van der Waals surface area contributed by atoms with Crippen molar-refractivity contribution in [3.63, 3.8) is 0 Å². The standard InChI is InChI=1S/C21H16BrClFNO3/c1-3-28-21(27)19-12(2)25(14-9-7-13(22)8-10-14)20(26)16(19)11-15-17(23)5-4-6-18(15)24/h4-11H,3H2,1-2H3/b16-11+. The third-order valence-corrected chi connectivity index (χ3v) is 5.11. The van der Waals surface area contributed by atoms with Crippen molar-refractivity contribution in [1.82, 2.24) is 0 Å². The van der Waals surface area contributed by atoms with Crippen molar-refractivity contribution in [3.05, 3.63) is 80.2 Å². The molecule has 144 valence electrons. The highest BCUT2D eigenvalue weighted by Gasteiger charge is 2.38. The van der Waals surface area contributed by atoms with Gasteiger partial charge in [0, 0.05) is 21.4 Å². The molecular weight excluding hydrogens is 449 g/mol. The fourth-order valence-corrected chi connectivity index (χ4v) is 3.46. The van der Waals surface area contributed by atoms with Crippen molar-refractivity contribution < 1.29 is 18.7 Å². The Labute approximate surface area is 175 Å². The third-order valence-electron chi connectivity index (χ3n) is 4.25. The summed E-state index contributed by atoms with van der Waals surface area (Å²) in [4.78, 5) is 27.1. The number of benzene rings is 2. The molecule has 3 rings (SSSR count). The monoisotopic (exact) mass is 463 g/mol. The highest BCUT2D eigenvalue weighted by Crippen LogP contribution is 2.37. The zero-order chi connectivity index (χ0) is 20.4. The Morgan fingerprint density at radius 1 is 1.25 bits per heavy atom. The first-order valence-electron chi connectivity index (χ1n) is 8.49. The van der Waals surface area contributed by atoms with Crippen LogP contribution >= 0.6 is 27.5 Å².